The van der Waals surface area contributed by atoms with E-state index in [-0.39, 0.29) is 12.2 Å². The lowest BCUT2D eigenvalue weighted by molar-refractivity contribution is -0.138. The molecule has 0 fully saturated rings. The highest BCUT2D eigenvalue weighted by molar-refractivity contribution is 8.02. The smallest absolute Gasteiger partial charge is 0.351 e. The van der Waals surface area contributed by atoms with Gasteiger partial charge in [-0.15, -0.1) is 11.8 Å². The van der Waals surface area contributed by atoms with Crippen LogP contribution in [-0.2, 0) is 9.53 Å². The van der Waals surface area contributed by atoms with E-state index < -0.39 is 5.97 Å². The molecule has 0 unspecified atom stereocenters. The first-order valence-corrected chi connectivity index (χ1v) is 9.24. The molecule has 0 spiro atoms. The van der Waals surface area contributed by atoms with Gasteiger partial charge in [-0.25, -0.2) is 4.79 Å². The molecule has 27 heavy (non-hydrogen) atoms. The Kier molecular flexibility index (Phi) is 7.30. The molecule has 6 nitrogen and oxygen atoms in total. The second-order valence-electron chi connectivity index (χ2n) is 5.13. The first-order chi connectivity index (χ1) is 13.1. The van der Waals surface area contributed by atoms with Crippen molar-refractivity contribution in [3.05, 3.63) is 64.7 Å². The number of esters is 1. The summed E-state index contributed by atoms with van der Waals surface area (Å²) in [4.78, 5) is 11.9. The molecule has 136 valence electrons. The first kappa shape index (κ1) is 19.9. The number of carbonyl (C=O) groups excluding carboxylic acids is 1. The number of benzene rings is 2. The average molecular weight is 379 g/mol. The third-order valence-electron chi connectivity index (χ3n) is 3.35. The minimum atomic E-state index is -0.655. The van der Waals surface area contributed by atoms with Crippen molar-refractivity contribution in [2.75, 3.05) is 18.2 Å². The van der Waals surface area contributed by atoms with E-state index in [0.717, 1.165) is 0 Å². The monoisotopic (exact) mass is 379 g/mol. The van der Waals surface area contributed by atoms with Gasteiger partial charge in [0, 0.05) is 5.69 Å². The number of rotatable bonds is 7. The summed E-state index contributed by atoms with van der Waals surface area (Å²) in [7, 11) is 0. The van der Waals surface area contributed by atoms with E-state index in [1.54, 1.807) is 61.7 Å². The second kappa shape index (κ2) is 9.91. The number of nitrogens with zero attached hydrogens (tertiary/aromatic N) is 2. The molecule has 0 atom stereocenters. The van der Waals surface area contributed by atoms with E-state index >= 15 is 0 Å². The zero-order chi connectivity index (χ0) is 19.6. The molecule has 2 rings (SSSR count). The van der Waals surface area contributed by atoms with Crippen LogP contribution in [0.2, 0.25) is 0 Å². The molecule has 0 saturated heterocycles. The summed E-state index contributed by atoms with van der Waals surface area (Å²) in [6.07, 6.45) is 1.77. The topological polar surface area (TPSA) is 95.1 Å². The quantitative estimate of drug-likeness (QED) is 0.432. The Morgan fingerprint density at radius 1 is 1.07 bits per heavy atom. The van der Waals surface area contributed by atoms with Crippen LogP contribution in [0.4, 0.5) is 5.69 Å². The Labute approximate surface area is 162 Å². The molecule has 2 aromatic rings. The largest absolute Gasteiger partial charge is 0.462 e. The third-order valence-corrected chi connectivity index (χ3v) is 4.07. The lowest BCUT2D eigenvalue weighted by atomic mass is 10.2. The molecular formula is C20H17N3O3S. The van der Waals surface area contributed by atoms with Crippen LogP contribution in [0, 0.1) is 22.7 Å². The van der Waals surface area contributed by atoms with Crippen molar-refractivity contribution in [2.24, 2.45) is 0 Å². The van der Waals surface area contributed by atoms with Crippen LogP contribution in [0.3, 0.4) is 0 Å². The van der Waals surface area contributed by atoms with Gasteiger partial charge >= 0.3 is 5.97 Å². The van der Waals surface area contributed by atoms with Crippen LogP contribution >= 0.6 is 11.8 Å². The van der Waals surface area contributed by atoms with Gasteiger partial charge in [-0.3, -0.25) is 0 Å². The van der Waals surface area contributed by atoms with E-state index in [0.29, 0.717) is 27.8 Å². The molecule has 2 aromatic carbocycles. The molecule has 0 amide bonds. The number of hydrogen-bond acceptors (Lipinski definition) is 7. The van der Waals surface area contributed by atoms with Gasteiger partial charge in [0.1, 0.15) is 17.6 Å². The van der Waals surface area contributed by atoms with Crippen molar-refractivity contribution < 1.29 is 14.3 Å². The van der Waals surface area contributed by atoms with Gasteiger partial charge in [0.25, 0.3) is 0 Å². The predicted octanol–water partition coefficient (Wildman–Crippen LogP) is 4.42. The molecule has 0 aliphatic heterocycles. The second-order valence-corrected chi connectivity index (χ2v) is 5.94. The molecule has 0 aliphatic rings. The van der Waals surface area contributed by atoms with Crippen molar-refractivity contribution in [2.45, 2.75) is 6.92 Å². The van der Waals surface area contributed by atoms with Gasteiger partial charge in [-0.1, -0.05) is 0 Å². The van der Waals surface area contributed by atoms with Crippen molar-refractivity contribution in [1.29, 1.82) is 10.5 Å². The summed E-state index contributed by atoms with van der Waals surface area (Å²) in [6, 6.07) is 17.8. The maximum atomic E-state index is 11.9. The maximum Gasteiger partial charge on any atom is 0.351 e. The zero-order valence-corrected chi connectivity index (χ0v) is 15.7. The lowest BCUT2D eigenvalue weighted by Gasteiger charge is -2.12. The number of thioether (sulfide) groups is 1. The number of nitrogens with one attached hydrogen (secondary N) is 1. The van der Waals surface area contributed by atoms with Crippen LogP contribution in [0.5, 0.6) is 11.5 Å². The highest BCUT2D eigenvalue weighted by Crippen LogP contribution is 2.26. The molecule has 0 heterocycles. The summed E-state index contributed by atoms with van der Waals surface area (Å²) in [5, 5.41) is 21.5. The minimum absolute atomic E-state index is 0.0674. The summed E-state index contributed by atoms with van der Waals surface area (Å²) in [6.45, 7) is 1.89. The van der Waals surface area contributed by atoms with Crippen molar-refractivity contribution >= 4 is 23.4 Å². The lowest BCUT2D eigenvalue weighted by Crippen LogP contribution is -2.11. The molecule has 0 aliphatic carbocycles. The van der Waals surface area contributed by atoms with E-state index in [1.165, 1.54) is 11.8 Å². The van der Waals surface area contributed by atoms with Crippen LogP contribution in [0.25, 0.3) is 0 Å². The predicted molar refractivity (Wildman–Crippen MR) is 104 cm³/mol. The Morgan fingerprint density at radius 3 is 2.15 bits per heavy atom. The van der Waals surface area contributed by atoms with Gasteiger partial charge in [0.05, 0.1) is 23.3 Å². The molecule has 1 N–H and O–H groups in total. The summed E-state index contributed by atoms with van der Waals surface area (Å²) in [5.41, 5.74) is 1.19. The van der Waals surface area contributed by atoms with E-state index in [4.69, 9.17) is 14.7 Å². The molecular weight excluding hydrogens is 362 g/mol. The minimum Gasteiger partial charge on any atom is -0.462 e. The van der Waals surface area contributed by atoms with Crippen LogP contribution in [0.1, 0.15) is 12.5 Å². The average Bonchev–Trinajstić information content (AvgIpc) is 2.70. The fourth-order valence-corrected chi connectivity index (χ4v) is 2.63. The standard InChI is InChI=1S/C20H17N3O3S/c1-3-25-20(24)18(13-22)19(27-2)23-15-6-10-17(11-7-15)26-16-8-4-14(12-21)5-9-16/h4-11,23H,3H2,1-2H3/b19-18+. The van der Waals surface area contributed by atoms with Crippen molar-refractivity contribution in [1.82, 2.24) is 0 Å². The van der Waals surface area contributed by atoms with Gasteiger partial charge in [0.2, 0.25) is 0 Å². The van der Waals surface area contributed by atoms with Crippen molar-refractivity contribution in [3.63, 3.8) is 0 Å². The Morgan fingerprint density at radius 2 is 1.67 bits per heavy atom. The van der Waals surface area contributed by atoms with Crippen LogP contribution in [0.15, 0.2) is 59.1 Å². The third kappa shape index (κ3) is 5.53. The normalized spacial score (nSPS) is 10.8. The fourth-order valence-electron chi connectivity index (χ4n) is 2.08. The zero-order valence-electron chi connectivity index (χ0n) is 14.9. The van der Waals surface area contributed by atoms with Crippen LogP contribution < -0.4 is 10.1 Å². The number of nitriles is 2. The number of ether oxygens (including phenoxy) is 2. The number of carbonyl (C=O) groups is 1. The Bertz CT molecular complexity index is 907. The van der Waals surface area contributed by atoms with Gasteiger partial charge < -0.3 is 14.8 Å². The molecule has 7 heteroatoms. The molecule has 0 radical (unpaired) electrons. The van der Waals surface area contributed by atoms with E-state index in [9.17, 15) is 10.1 Å². The highest BCUT2D eigenvalue weighted by atomic mass is 32.2. The summed E-state index contributed by atoms with van der Waals surface area (Å²) in [5.74, 6) is 0.581. The molecule has 0 aromatic heterocycles. The van der Waals surface area contributed by atoms with Gasteiger partial charge in [0.15, 0.2) is 5.57 Å². The maximum absolute atomic E-state index is 11.9. The van der Waals surface area contributed by atoms with Crippen molar-refractivity contribution in [3.8, 4) is 23.6 Å². The highest BCUT2D eigenvalue weighted by Gasteiger charge is 2.16. The number of anilines is 1. The molecule has 0 bridgehead atoms. The molecule has 0 saturated carbocycles. The Hall–Kier alpha value is -3.42. The number of hydrogen-bond donors (Lipinski definition) is 1. The Balaban J connectivity index is 2.12. The first-order valence-electron chi connectivity index (χ1n) is 8.01. The van der Waals surface area contributed by atoms with Gasteiger partial charge in [-0.2, -0.15) is 10.5 Å². The van der Waals surface area contributed by atoms with E-state index in [1.807, 2.05) is 6.07 Å². The summed E-state index contributed by atoms with van der Waals surface area (Å²) >= 11 is 1.25. The van der Waals surface area contributed by atoms with Crippen LogP contribution in [-0.4, -0.2) is 18.8 Å². The summed E-state index contributed by atoms with van der Waals surface area (Å²) < 4.78 is 10.6. The SMILES string of the molecule is CCOC(=O)/C(C#N)=C(\Nc1ccc(Oc2ccc(C#N)cc2)cc1)SC. The van der Waals surface area contributed by atoms with Gasteiger partial charge in [-0.05, 0) is 61.7 Å². The van der Waals surface area contributed by atoms with E-state index in [2.05, 4.69) is 11.4 Å². The fraction of sp³-hybridized carbons (Fsp3) is 0.150.